The summed E-state index contributed by atoms with van der Waals surface area (Å²) in [4.78, 5) is 15.1. The fourth-order valence-electron chi connectivity index (χ4n) is 2.78. The quantitative estimate of drug-likeness (QED) is 0.719. The average molecular weight is 289 g/mol. The molecule has 1 unspecified atom stereocenters. The summed E-state index contributed by atoms with van der Waals surface area (Å²) in [7, 11) is 0. The van der Waals surface area contributed by atoms with Gasteiger partial charge in [-0.1, -0.05) is 60.7 Å². The lowest BCUT2D eigenvalue weighted by molar-refractivity contribution is -0.117. The van der Waals surface area contributed by atoms with Crippen LogP contribution in [0.5, 0.6) is 0 Å². The van der Waals surface area contributed by atoms with Gasteiger partial charge in [-0.15, -0.1) is 0 Å². The molecule has 2 heteroatoms. The second-order valence-corrected chi connectivity index (χ2v) is 5.56. The first-order valence-corrected chi connectivity index (χ1v) is 7.53. The zero-order valence-electron chi connectivity index (χ0n) is 12.6. The summed E-state index contributed by atoms with van der Waals surface area (Å²) in [5, 5.41) is 0. The van der Waals surface area contributed by atoms with Crippen molar-refractivity contribution in [2.45, 2.75) is 19.3 Å². The van der Waals surface area contributed by atoms with Crippen molar-refractivity contribution in [2.24, 2.45) is 0 Å². The van der Waals surface area contributed by atoms with Crippen LogP contribution in [-0.2, 0) is 4.79 Å². The molecule has 0 radical (unpaired) electrons. The lowest BCUT2D eigenvalue weighted by atomic mass is 9.91. The summed E-state index contributed by atoms with van der Waals surface area (Å²) in [6.45, 7) is 1.65. The Bertz CT molecular complexity index is 744. The highest BCUT2D eigenvalue weighted by Crippen LogP contribution is 2.30. The van der Waals surface area contributed by atoms with Gasteiger partial charge in [0.15, 0.2) is 0 Å². The molecule has 22 heavy (non-hydrogen) atoms. The van der Waals surface area contributed by atoms with Gasteiger partial charge in [0.1, 0.15) is 5.78 Å². The molecule has 0 saturated carbocycles. The molecule has 0 fully saturated rings. The number of Topliss-reactive ketones (excluding diaryl/α,β-unsaturated/α-hetero) is 1. The van der Waals surface area contributed by atoms with Gasteiger partial charge in [-0.05, 0) is 30.2 Å². The van der Waals surface area contributed by atoms with Crippen LogP contribution >= 0.6 is 0 Å². The summed E-state index contributed by atoms with van der Waals surface area (Å²) in [6.07, 6.45) is 0.513. The van der Waals surface area contributed by atoms with E-state index in [1.165, 1.54) is 5.56 Å². The Morgan fingerprint density at radius 3 is 2.18 bits per heavy atom. The van der Waals surface area contributed by atoms with Crippen molar-refractivity contribution in [3.05, 3.63) is 84.1 Å². The number of rotatable bonds is 5. The number of carbonyl (C=O) groups excluding carboxylic acids is 1. The van der Waals surface area contributed by atoms with Crippen molar-refractivity contribution in [2.75, 3.05) is 0 Å². The Kier molecular flexibility index (Phi) is 4.19. The number of hydrogen-bond acceptors (Lipinski definition) is 1. The van der Waals surface area contributed by atoms with Gasteiger partial charge in [0.2, 0.25) is 0 Å². The minimum Gasteiger partial charge on any atom is -0.358 e. The fourth-order valence-corrected chi connectivity index (χ4v) is 2.78. The molecule has 1 heterocycles. The van der Waals surface area contributed by atoms with Gasteiger partial charge in [0.05, 0.1) is 0 Å². The molecule has 110 valence electrons. The Labute approximate surface area is 130 Å². The molecule has 0 aliphatic heterocycles. The second-order valence-electron chi connectivity index (χ2n) is 5.56. The molecular formula is C20H19NO. The average Bonchev–Trinajstić information content (AvgIpc) is 3.04. The standard InChI is InChI=1S/C20H19NO/c1-15(22)14-18(16-8-4-2-5-9-16)20-13-12-19(21-20)17-10-6-3-7-11-17/h2-13,18,21H,14H2,1H3. The lowest BCUT2D eigenvalue weighted by Gasteiger charge is -2.15. The molecule has 3 rings (SSSR count). The maximum Gasteiger partial charge on any atom is 0.130 e. The van der Waals surface area contributed by atoms with E-state index in [-0.39, 0.29) is 11.7 Å². The van der Waals surface area contributed by atoms with Gasteiger partial charge in [-0.3, -0.25) is 4.79 Å². The minimum absolute atomic E-state index is 0.0798. The van der Waals surface area contributed by atoms with E-state index in [1.807, 2.05) is 36.4 Å². The zero-order chi connectivity index (χ0) is 15.4. The van der Waals surface area contributed by atoms with Crippen molar-refractivity contribution < 1.29 is 4.79 Å². The van der Waals surface area contributed by atoms with Crippen molar-refractivity contribution in [1.29, 1.82) is 0 Å². The number of ketones is 1. The molecule has 1 N–H and O–H groups in total. The largest absolute Gasteiger partial charge is 0.358 e. The third-order valence-corrected chi connectivity index (χ3v) is 3.86. The van der Waals surface area contributed by atoms with E-state index < -0.39 is 0 Å². The van der Waals surface area contributed by atoms with Crippen LogP contribution in [0.25, 0.3) is 11.3 Å². The molecule has 0 aliphatic rings. The predicted molar refractivity (Wildman–Crippen MR) is 89.8 cm³/mol. The van der Waals surface area contributed by atoms with Crippen LogP contribution in [0, 0.1) is 0 Å². The van der Waals surface area contributed by atoms with Crippen LogP contribution in [0.3, 0.4) is 0 Å². The van der Waals surface area contributed by atoms with E-state index in [4.69, 9.17) is 0 Å². The van der Waals surface area contributed by atoms with E-state index in [1.54, 1.807) is 6.92 Å². The van der Waals surface area contributed by atoms with Gasteiger partial charge in [0.25, 0.3) is 0 Å². The predicted octanol–water partition coefficient (Wildman–Crippen LogP) is 4.79. The van der Waals surface area contributed by atoms with Gasteiger partial charge in [-0.2, -0.15) is 0 Å². The summed E-state index contributed by atoms with van der Waals surface area (Å²) in [6, 6.07) is 24.6. The SMILES string of the molecule is CC(=O)CC(c1ccccc1)c1ccc(-c2ccccc2)[nH]1. The Hall–Kier alpha value is -2.61. The Morgan fingerprint density at radius 1 is 0.909 bits per heavy atom. The third kappa shape index (κ3) is 3.17. The maximum absolute atomic E-state index is 11.7. The highest BCUT2D eigenvalue weighted by atomic mass is 16.1. The highest BCUT2D eigenvalue weighted by molar-refractivity contribution is 5.77. The van der Waals surface area contributed by atoms with E-state index in [9.17, 15) is 4.79 Å². The number of aromatic amines is 1. The summed E-state index contributed by atoms with van der Waals surface area (Å²) < 4.78 is 0. The van der Waals surface area contributed by atoms with Crippen molar-refractivity contribution in [3.8, 4) is 11.3 Å². The molecule has 1 atom stereocenters. The zero-order valence-corrected chi connectivity index (χ0v) is 12.6. The van der Waals surface area contributed by atoms with Crippen LogP contribution in [0.4, 0.5) is 0 Å². The molecule has 2 nitrogen and oxygen atoms in total. The van der Waals surface area contributed by atoms with Crippen LogP contribution in [-0.4, -0.2) is 10.8 Å². The number of benzene rings is 2. The monoisotopic (exact) mass is 289 g/mol. The molecule has 0 amide bonds. The molecule has 0 aliphatic carbocycles. The minimum atomic E-state index is 0.0798. The molecular weight excluding hydrogens is 270 g/mol. The number of H-pyrrole nitrogens is 1. The van der Waals surface area contributed by atoms with Gasteiger partial charge < -0.3 is 4.98 Å². The van der Waals surface area contributed by atoms with Gasteiger partial charge in [-0.25, -0.2) is 0 Å². The highest BCUT2D eigenvalue weighted by Gasteiger charge is 2.18. The second kappa shape index (κ2) is 6.44. The number of nitrogens with one attached hydrogen (secondary N) is 1. The molecule has 0 spiro atoms. The van der Waals surface area contributed by atoms with Crippen LogP contribution in [0.15, 0.2) is 72.8 Å². The summed E-state index contributed by atoms with van der Waals surface area (Å²) >= 11 is 0. The number of hydrogen-bond donors (Lipinski definition) is 1. The summed E-state index contributed by atoms with van der Waals surface area (Å²) in [5.74, 6) is 0.279. The van der Waals surface area contributed by atoms with Gasteiger partial charge >= 0.3 is 0 Å². The molecule has 3 aromatic rings. The molecule has 0 saturated heterocycles. The first-order valence-electron chi connectivity index (χ1n) is 7.53. The van der Waals surface area contributed by atoms with Crippen molar-refractivity contribution in [1.82, 2.24) is 4.98 Å². The number of carbonyl (C=O) groups is 1. The number of aromatic nitrogens is 1. The molecule has 2 aromatic carbocycles. The third-order valence-electron chi connectivity index (χ3n) is 3.86. The van der Waals surface area contributed by atoms with Gasteiger partial charge in [0, 0.05) is 23.7 Å². The maximum atomic E-state index is 11.7. The first kappa shape index (κ1) is 14.3. The first-order chi connectivity index (χ1) is 10.7. The summed E-state index contributed by atoms with van der Waals surface area (Å²) in [5.41, 5.74) is 4.49. The lowest BCUT2D eigenvalue weighted by Crippen LogP contribution is -2.06. The fraction of sp³-hybridized carbons (Fsp3) is 0.150. The molecule has 1 aromatic heterocycles. The van der Waals surface area contributed by atoms with E-state index in [2.05, 4.69) is 41.4 Å². The van der Waals surface area contributed by atoms with E-state index in [0.717, 1.165) is 17.0 Å². The van der Waals surface area contributed by atoms with E-state index >= 15 is 0 Å². The van der Waals surface area contributed by atoms with Crippen LogP contribution < -0.4 is 0 Å². The van der Waals surface area contributed by atoms with E-state index in [0.29, 0.717) is 6.42 Å². The Balaban J connectivity index is 1.95. The smallest absolute Gasteiger partial charge is 0.130 e. The normalized spacial score (nSPS) is 12.0. The van der Waals surface area contributed by atoms with Crippen molar-refractivity contribution >= 4 is 5.78 Å². The molecule has 0 bridgehead atoms. The Morgan fingerprint density at radius 2 is 1.55 bits per heavy atom. The topological polar surface area (TPSA) is 32.9 Å². The van der Waals surface area contributed by atoms with Crippen LogP contribution in [0.2, 0.25) is 0 Å². The van der Waals surface area contributed by atoms with Crippen molar-refractivity contribution in [3.63, 3.8) is 0 Å². The van der Waals surface area contributed by atoms with Crippen LogP contribution in [0.1, 0.15) is 30.5 Å².